The summed E-state index contributed by atoms with van der Waals surface area (Å²) in [6.45, 7) is 4.75. The van der Waals surface area contributed by atoms with Crippen molar-refractivity contribution < 1.29 is 17.9 Å². The molecule has 0 aliphatic carbocycles. The number of hydrogen-bond acceptors (Lipinski definition) is 2. The van der Waals surface area contributed by atoms with Gasteiger partial charge in [-0.2, -0.15) is 13.2 Å². The fourth-order valence-corrected chi connectivity index (χ4v) is 1.87. The molecule has 23 heavy (non-hydrogen) atoms. The second-order valence-corrected chi connectivity index (χ2v) is 4.75. The summed E-state index contributed by atoms with van der Waals surface area (Å²) in [5.74, 6) is 1.18. The summed E-state index contributed by atoms with van der Waals surface area (Å²) in [6.07, 6.45) is -5.06. The number of benzene rings is 1. The molecule has 0 aliphatic rings. The minimum absolute atomic E-state index is 0. The van der Waals surface area contributed by atoms with Crippen molar-refractivity contribution in [2.45, 2.75) is 33.0 Å². The Labute approximate surface area is 151 Å². The topological polar surface area (TPSA) is 45.6 Å². The Kier molecular flexibility index (Phi) is 10.0. The van der Waals surface area contributed by atoms with Gasteiger partial charge >= 0.3 is 6.18 Å². The number of hydrogen-bond donors (Lipinski definition) is 2. The van der Waals surface area contributed by atoms with E-state index in [2.05, 4.69) is 15.6 Å². The van der Waals surface area contributed by atoms with Gasteiger partial charge < -0.3 is 15.4 Å². The first-order valence-electron chi connectivity index (χ1n) is 7.09. The van der Waals surface area contributed by atoms with Gasteiger partial charge in [-0.25, -0.2) is 0 Å². The number of nitrogens with one attached hydrogen (secondary N) is 2. The van der Waals surface area contributed by atoms with Crippen LogP contribution in [-0.4, -0.2) is 32.3 Å². The van der Waals surface area contributed by atoms with E-state index >= 15 is 0 Å². The second kappa shape index (κ2) is 10.6. The molecule has 0 atom stereocenters. The van der Waals surface area contributed by atoms with Gasteiger partial charge in [-0.05, 0) is 31.0 Å². The molecule has 0 unspecified atom stereocenters. The lowest BCUT2D eigenvalue weighted by atomic mass is 10.1. The van der Waals surface area contributed by atoms with Crippen molar-refractivity contribution in [3.63, 3.8) is 0 Å². The van der Waals surface area contributed by atoms with Crippen molar-refractivity contribution in [1.29, 1.82) is 0 Å². The Morgan fingerprint density at radius 2 is 1.96 bits per heavy atom. The molecule has 1 aromatic carbocycles. The minimum atomic E-state index is -4.17. The Morgan fingerprint density at radius 3 is 2.48 bits per heavy atom. The van der Waals surface area contributed by atoms with E-state index in [-0.39, 0.29) is 30.5 Å². The third-order valence-electron chi connectivity index (χ3n) is 2.92. The Bertz CT molecular complexity index is 507. The lowest BCUT2D eigenvalue weighted by molar-refractivity contribution is -0.132. The number of halogens is 4. The molecule has 0 bridgehead atoms. The molecule has 132 valence electrons. The minimum Gasteiger partial charge on any atom is -0.494 e. The molecule has 0 radical (unpaired) electrons. The fourth-order valence-electron chi connectivity index (χ4n) is 1.87. The standard InChI is InChI=1S/C15H22F3N3O.HI/c1-4-22-13-6-5-12(9-11(13)2)10-21-14(19-3)20-8-7-15(16,17)18;/h5-6,9H,4,7-8,10H2,1-3H3,(H2,19,20,21);1H. The molecule has 4 nitrogen and oxygen atoms in total. The summed E-state index contributed by atoms with van der Waals surface area (Å²) in [5, 5.41) is 5.62. The van der Waals surface area contributed by atoms with Crippen LogP contribution in [0, 0.1) is 6.92 Å². The van der Waals surface area contributed by atoms with Crippen LogP contribution >= 0.6 is 24.0 Å². The molecule has 0 saturated carbocycles. The predicted molar refractivity (Wildman–Crippen MR) is 96.6 cm³/mol. The van der Waals surface area contributed by atoms with E-state index in [1.165, 1.54) is 7.05 Å². The molecular formula is C15H23F3IN3O. The van der Waals surface area contributed by atoms with E-state index in [0.29, 0.717) is 19.1 Å². The van der Waals surface area contributed by atoms with Crippen molar-refractivity contribution in [3.8, 4) is 5.75 Å². The average molecular weight is 445 g/mol. The summed E-state index contributed by atoms with van der Waals surface area (Å²) >= 11 is 0. The fraction of sp³-hybridized carbons (Fsp3) is 0.533. The molecule has 2 N–H and O–H groups in total. The number of alkyl halides is 3. The monoisotopic (exact) mass is 445 g/mol. The number of aryl methyl sites for hydroxylation is 1. The third-order valence-corrected chi connectivity index (χ3v) is 2.92. The summed E-state index contributed by atoms with van der Waals surface area (Å²) in [5.41, 5.74) is 2.01. The highest BCUT2D eigenvalue weighted by atomic mass is 127. The number of nitrogens with zero attached hydrogens (tertiary/aromatic N) is 1. The third kappa shape index (κ3) is 8.87. The molecule has 1 aromatic rings. The number of guanidine groups is 1. The molecule has 0 amide bonds. The van der Waals surface area contributed by atoms with Gasteiger partial charge in [0.05, 0.1) is 13.0 Å². The molecule has 0 spiro atoms. The Morgan fingerprint density at radius 1 is 1.26 bits per heavy atom. The highest BCUT2D eigenvalue weighted by molar-refractivity contribution is 14.0. The summed E-state index contributed by atoms with van der Waals surface area (Å²) in [6, 6.07) is 5.77. The average Bonchev–Trinajstić information content (AvgIpc) is 2.44. The van der Waals surface area contributed by atoms with Crippen LogP contribution in [0.25, 0.3) is 0 Å². The van der Waals surface area contributed by atoms with E-state index in [1.807, 2.05) is 32.0 Å². The maximum atomic E-state index is 12.1. The van der Waals surface area contributed by atoms with E-state index in [0.717, 1.165) is 16.9 Å². The molecule has 0 heterocycles. The molecule has 0 saturated heterocycles. The smallest absolute Gasteiger partial charge is 0.390 e. The lowest BCUT2D eigenvalue weighted by Gasteiger charge is -2.14. The zero-order chi connectivity index (χ0) is 16.6. The number of rotatable bonds is 6. The summed E-state index contributed by atoms with van der Waals surface area (Å²) < 4.78 is 41.7. The van der Waals surface area contributed by atoms with E-state index in [4.69, 9.17) is 4.74 Å². The highest BCUT2D eigenvalue weighted by Gasteiger charge is 2.26. The van der Waals surface area contributed by atoms with Gasteiger partial charge in [-0.15, -0.1) is 24.0 Å². The quantitative estimate of drug-likeness (QED) is 0.400. The van der Waals surface area contributed by atoms with Crippen LogP contribution in [0.1, 0.15) is 24.5 Å². The van der Waals surface area contributed by atoms with E-state index < -0.39 is 12.6 Å². The Hall–Kier alpha value is -1.19. The van der Waals surface area contributed by atoms with Crippen LogP contribution in [-0.2, 0) is 6.54 Å². The van der Waals surface area contributed by atoms with Gasteiger partial charge in [0.15, 0.2) is 5.96 Å². The zero-order valence-corrected chi connectivity index (χ0v) is 15.8. The van der Waals surface area contributed by atoms with Gasteiger partial charge in [-0.1, -0.05) is 12.1 Å². The Balaban J connectivity index is 0.00000484. The predicted octanol–water partition coefficient (Wildman–Crippen LogP) is 3.63. The van der Waals surface area contributed by atoms with Gasteiger partial charge in [0, 0.05) is 20.1 Å². The second-order valence-electron chi connectivity index (χ2n) is 4.75. The first-order valence-corrected chi connectivity index (χ1v) is 7.09. The van der Waals surface area contributed by atoms with Gasteiger partial charge in [-0.3, -0.25) is 4.99 Å². The number of aliphatic imine (C=N–C) groups is 1. The molecule has 0 aromatic heterocycles. The van der Waals surface area contributed by atoms with Crippen LogP contribution in [0.5, 0.6) is 5.75 Å². The molecule has 1 rings (SSSR count). The SMILES string of the molecule is CCOc1ccc(CNC(=NC)NCCC(F)(F)F)cc1C.I. The molecule has 0 fully saturated rings. The van der Waals surface area contributed by atoms with Crippen LogP contribution in [0.2, 0.25) is 0 Å². The summed E-state index contributed by atoms with van der Waals surface area (Å²) in [7, 11) is 1.52. The van der Waals surface area contributed by atoms with Crippen LogP contribution in [0.15, 0.2) is 23.2 Å². The van der Waals surface area contributed by atoms with Gasteiger partial charge in [0.25, 0.3) is 0 Å². The largest absolute Gasteiger partial charge is 0.494 e. The molecular weight excluding hydrogens is 422 g/mol. The van der Waals surface area contributed by atoms with Crippen molar-refractivity contribution in [2.24, 2.45) is 4.99 Å². The molecule has 0 aliphatic heterocycles. The maximum Gasteiger partial charge on any atom is 0.390 e. The van der Waals surface area contributed by atoms with Crippen LogP contribution in [0.3, 0.4) is 0 Å². The molecule has 8 heteroatoms. The highest BCUT2D eigenvalue weighted by Crippen LogP contribution is 2.19. The normalized spacial score (nSPS) is 11.7. The van der Waals surface area contributed by atoms with Crippen molar-refractivity contribution >= 4 is 29.9 Å². The van der Waals surface area contributed by atoms with Gasteiger partial charge in [0.1, 0.15) is 5.75 Å². The van der Waals surface area contributed by atoms with Crippen molar-refractivity contribution in [2.75, 3.05) is 20.2 Å². The van der Waals surface area contributed by atoms with Gasteiger partial charge in [0.2, 0.25) is 0 Å². The van der Waals surface area contributed by atoms with Crippen molar-refractivity contribution in [1.82, 2.24) is 10.6 Å². The van der Waals surface area contributed by atoms with Crippen LogP contribution < -0.4 is 15.4 Å². The first-order chi connectivity index (χ1) is 10.4. The lowest BCUT2D eigenvalue weighted by Crippen LogP contribution is -2.38. The van der Waals surface area contributed by atoms with E-state index in [1.54, 1.807) is 0 Å². The van der Waals surface area contributed by atoms with E-state index in [9.17, 15) is 13.2 Å². The van der Waals surface area contributed by atoms with Crippen LogP contribution in [0.4, 0.5) is 13.2 Å². The van der Waals surface area contributed by atoms with Crippen molar-refractivity contribution in [3.05, 3.63) is 29.3 Å². The zero-order valence-electron chi connectivity index (χ0n) is 13.5. The summed E-state index contributed by atoms with van der Waals surface area (Å²) in [4.78, 5) is 3.89. The number of ether oxygens (including phenoxy) is 1. The first kappa shape index (κ1) is 21.8. The maximum absolute atomic E-state index is 12.1.